The van der Waals surface area contributed by atoms with Crippen LogP contribution in [0.3, 0.4) is 0 Å². The molecule has 2 atom stereocenters. The number of ether oxygens (including phenoxy) is 1. The minimum absolute atomic E-state index is 0.0833. The highest BCUT2D eigenvalue weighted by Crippen LogP contribution is 2.20. The van der Waals surface area contributed by atoms with Crippen molar-refractivity contribution in [2.45, 2.75) is 38.0 Å². The summed E-state index contributed by atoms with van der Waals surface area (Å²) >= 11 is 0. The minimum Gasteiger partial charge on any atom is -0.445 e. The molecule has 1 heterocycles. The lowest BCUT2D eigenvalue weighted by atomic mass is 9.91. The summed E-state index contributed by atoms with van der Waals surface area (Å²) in [4.78, 5) is 55.2. The predicted molar refractivity (Wildman–Crippen MR) is 171 cm³/mol. The van der Waals surface area contributed by atoms with Crippen LogP contribution in [-0.4, -0.2) is 40.3 Å². The van der Waals surface area contributed by atoms with Crippen molar-refractivity contribution < 1.29 is 23.9 Å². The number of alkyl carbamates (subject to hydrolysis) is 1. The van der Waals surface area contributed by atoms with Crippen LogP contribution in [0.1, 0.15) is 39.5 Å². The molecular weight excluding hydrogens is 568 g/mol. The number of hydrogen-bond donors (Lipinski definition) is 4. The van der Waals surface area contributed by atoms with Crippen molar-refractivity contribution in [2.75, 3.05) is 0 Å². The van der Waals surface area contributed by atoms with E-state index in [0.717, 1.165) is 22.0 Å². The summed E-state index contributed by atoms with van der Waals surface area (Å²) in [5, 5.41) is 6.36. The Bertz CT molecular complexity index is 1800. The number of nitrogens with two attached hydrogens (primary N) is 1. The summed E-state index contributed by atoms with van der Waals surface area (Å²) in [6.07, 6.45) is 1.26. The van der Waals surface area contributed by atoms with Crippen LogP contribution in [0.15, 0.2) is 115 Å². The molecule has 4 aromatic carbocycles. The molecule has 0 aliphatic carbocycles. The Morgan fingerprint density at radius 2 is 1.42 bits per heavy atom. The van der Waals surface area contributed by atoms with Crippen LogP contribution in [0.2, 0.25) is 0 Å². The molecule has 228 valence electrons. The van der Waals surface area contributed by atoms with Gasteiger partial charge in [0.2, 0.25) is 11.8 Å². The molecular formula is C36H34N4O5. The number of ketones is 1. The van der Waals surface area contributed by atoms with Crippen LogP contribution in [0.4, 0.5) is 4.79 Å². The van der Waals surface area contributed by atoms with Gasteiger partial charge >= 0.3 is 6.09 Å². The molecule has 0 aliphatic heterocycles. The van der Waals surface area contributed by atoms with Gasteiger partial charge in [0.15, 0.2) is 5.78 Å². The zero-order valence-corrected chi connectivity index (χ0v) is 24.8. The molecule has 45 heavy (non-hydrogen) atoms. The number of H-pyrrole nitrogens is 1. The molecule has 0 aliphatic rings. The van der Waals surface area contributed by atoms with Crippen molar-refractivity contribution in [3.63, 3.8) is 0 Å². The number of para-hydroxylation sites is 1. The number of amides is 3. The second-order valence-corrected chi connectivity index (χ2v) is 11.1. The second-order valence-electron chi connectivity index (χ2n) is 11.1. The average molecular weight is 603 g/mol. The van der Waals surface area contributed by atoms with E-state index in [1.807, 2.05) is 60.7 Å². The quantitative estimate of drug-likeness (QED) is 0.151. The summed E-state index contributed by atoms with van der Waals surface area (Å²) in [6.45, 7) is 1.48. The first-order valence-electron chi connectivity index (χ1n) is 14.5. The van der Waals surface area contributed by atoms with Gasteiger partial charge in [0.25, 0.3) is 0 Å². The van der Waals surface area contributed by atoms with Crippen LogP contribution in [0.25, 0.3) is 10.9 Å². The number of benzene rings is 4. The smallest absolute Gasteiger partial charge is 0.408 e. The maximum Gasteiger partial charge on any atom is 0.408 e. The highest BCUT2D eigenvalue weighted by molar-refractivity contribution is 6.09. The normalized spacial score (nSPS) is 12.9. The number of rotatable bonds is 12. The molecule has 0 radical (unpaired) electrons. The summed E-state index contributed by atoms with van der Waals surface area (Å²) < 4.78 is 5.46. The van der Waals surface area contributed by atoms with Gasteiger partial charge in [0.05, 0.1) is 0 Å². The fourth-order valence-corrected chi connectivity index (χ4v) is 5.13. The third-order valence-electron chi connectivity index (χ3n) is 7.67. The number of carbonyl (C=O) groups excluding carboxylic acids is 4. The van der Waals surface area contributed by atoms with Gasteiger partial charge in [-0.25, -0.2) is 4.79 Å². The van der Waals surface area contributed by atoms with Gasteiger partial charge in [-0.15, -0.1) is 0 Å². The maximum atomic E-state index is 13.7. The van der Waals surface area contributed by atoms with Crippen molar-refractivity contribution in [3.8, 4) is 0 Å². The van der Waals surface area contributed by atoms with E-state index in [9.17, 15) is 19.2 Å². The molecule has 1 unspecified atom stereocenters. The lowest BCUT2D eigenvalue weighted by Gasteiger charge is -2.30. The van der Waals surface area contributed by atoms with Crippen LogP contribution in [0.5, 0.6) is 0 Å². The number of fused-ring (bicyclic) bond motifs is 1. The van der Waals surface area contributed by atoms with E-state index >= 15 is 0 Å². The van der Waals surface area contributed by atoms with Gasteiger partial charge in [-0.3, -0.25) is 14.4 Å². The summed E-state index contributed by atoms with van der Waals surface area (Å²) in [5.74, 6) is -1.40. The molecule has 1 aromatic heterocycles. The van der Waals surface area contributed by atoms with Crippen molar-refractivity contribution in [3.05, 3.63) is 143 Å². The molecule has 5 N–H and O–H groups in total. The molecule has 0 bridgehead atoms. The Morgan fingerprint density at radius 3 is 2.11 bits per heavy atom. The van der Waals surface area contributed by atoms with E-state index in [1.165, 1.54) is 0 Å². The summed E-state index contributed by atoms with van der Waals surface area (Å²) in [5.41, 5.74) is 8.60. The van der Waals surface area contributed by atoms with Crippen LogP contribution in [0, 0.1) is 0 Å². The molecule has 3 amide bonds. The van der Waals surface area contributed by atoms with E-state index in [4.69, 9.17) is 10.5 Å². The van der Waals surface area contributed by atoms with Crippen LogP contribution >= 0.6 is 0 Å². The first kappa shape index (κ1) is 30.7. The zero-order chi connectivity index (χ0) is 31.8. The molecule has 0 saturated carbocycles. The molecule has 5 rings (SSSR count). The van der Waals surface area contributed by atoms with Gasteiger partial charge in [-0.2, -0.15) is 0 Å². The van der Waals surface area contributed by atoms with E-state index in [-0.39, 0.29) is 25.2 Å². The molecule has 9 heteroatoms. The first-order valence-corrected chi connectivity index (χ1v) is 14.5. The zero-order valence-electron chi connectivity index (χ0n) is 24.8. The van der Waals surface area contributed by atoms with Gasteiger partial charge in [0, 0.05) is 41.1 Å². The Kier molecular flexibility index (Phi) is 9.38. The van der Waals surface area contributed by atoms with Crippen molar-refractivity contribution >= 4 is 34.6 Å². The number of aromatic nitrogens is 1. The fourth-order valence-electron chi connectivity index (χ4n) is 5.13. The highest BCUT2D eigenvalue weighted by atomic mass is 16.5. The first-order chi connectivity index (χ1) is 21.7. The summed E-state index contributed by atoms with van der Waals surface area (Å²) in [7, 11) is 0. The second kappa shape index (κ2) is 13.7. The average Bonchev–Trinajstić information content (AvgIpc) is 3.46. The number of primary amides is 1. The van der Waals surface area contributed by atoms with Gasteiger partial charge in [0.1, 0.15) is 18.2 Å². The topological polar surface area (TPSA) is 143 Å². The standard InChI is InChI=1S/C36H34N4O5/c1-36(34(37)43,21-24-10-4-2-5-11-24)40-33(42)31(20-28-22-38-30-15-9-8-14-29(28)30)39-35(44)45-23-25-16-18-27(19-17-25)32(41)26-12-6-3-7-13-26/h2-19,22,31,38H,20-21,23H2,1H3,(H2,37,43)(H,39,44)(H,40,42)/t31-,36?/m0/s1. The van der Waals surface area contributed by atoms with Crippen molar-refractivity contribution in [2.24, 2.45) is 5.73 Å². The Hall–Kier alpha value is -5.70. The van der Waals surface area contributed by atoms with Gasteiger partial charge in [-0.05, 0) is 29.7 Å². The third-order valence-corrected chi connectivity index (χ3v) is 7.67. The van der Waals surface area contributed by atoms with Crippen LogP contribution < -0.4 is 16.4 Å². The Balaban J connectivity index is 1.29. The van der Waals surface area contributed by atoms with E-state index in [0.29, 0.717) is 16.7 Å². The molecule has 9 nitrogen and oxygen atoms in total. The molecule has 0 saturated heterocycles. The monoisotopic (exact) mass is 602 g/mol. The van der Waals surface area contributed by atoms with E-state index in [2.05, 4.69) is 15.6 Å². The Labute approximate surface area is 260 Å². The van der Waals surface area contributed by atoms with E-state index < -0.39 is 29.5 Å². The van der Waals surface area contributed by atoms with Gasteiger partial charge in [-0.1, -0.05) is 103 Å². The Morgan fingerprint density at radius 1 is 0.800 bits per heavy atom. The molecule has 5 aromatic rings. The van der Waals surface area contributed by atoms with Crippen molar-refractivity contribution in [1.29, 1.82) is 0 Å². The predicted octanol–water partition coefficient (Wildman–Crippen LogP) is 4.84. The minimum atomic E-state index is -1.42. The van der Waals surface area contributed by atoms with E-state index in [1.54, 1.807) is 61.7 Å². The lowest BCUT2D eigenvalue weighted by Crippen LogP contribution is -2.61. The number of aromatic amines is 1. The number of nitrogens with one attached hydrogen (secondary N) is 3. The number of carbonyl (C=O) groups is 4. The molecule has 0 spiro atoms. The fraction of sp³-hybridized carbons (Fsp3) is 0.167. The highest BCUT2D eigenvalue weighted by Gasteiger charge is 2.36. The van der Waals surface area contributed by atoms with Crippen molar-refractivity contribution in [1.82, 2.24) is 15.6 Å². The number of hydrogen-bond acceptors (Lipinski definition) is 5. The van der Waals surface area contributed by atoms with Gasteiger partial charge < -0.3 is 26.1 Å². The maximum absolute atomic E-state index is 13.7. The SMILES string of the molecule is CC(Cc1ccccc1)(NC(=O)[C@H](Cc1c[nH]c2ccccc12)NC(=O)OCc1ccc(C(=O)c2ccccc2)cc1)C(N)=O. The molecule has 0 fully saturated rings. The van der Waals surface area contributed by atoms with Crippen LogP contribution in [-0.2, 0) is 33.8 Å². The lowest BCUT2D eigenvalue weighted by molar-refractivity contribution is -0.132. The largest absolute Gasteiger partial charge is 0.445 e. The third kappa shape index (κ3) is 7.64. The summed E-state index contributed by atoms with van der Waals surface area (Å²) in [6, 6.07) is 31.5.